The summed E-state index contributed by atoms with van der Waals surface area (Å²) in [5.74, 6) is 0. The fourth-order valence-electron chi connectivity index (χ4n) is 2.29. The topological polar surface area (TPSA) is 67.8 Å². The van der Waals surface area contributed by atoms with Gasteiger partial charge in [-0.05, 0) is 19.0 Å². The molecule has 0 aliphatic carbocycles. The zero-order valence-electron chi connectivity index (χ0n) is 11.8. The number of methoxy groups -OCH3 is 1. The second-order valence-electron chi connectivity index (χ2n) is 4.82. The third-order valence-corrected chi connectivity index (χ3v) is 4.57. The van der Waals surface area contributed by atoms with Gasteiger partial charge in [-0.25, -0.2) is 0 Å². The van der Waals surface area contributed by atoms with Crippen LogP contribution in [0.4, 0.5) is 0 Å². The summed E-state index contributed by atoms with van der Waals surface area (Å²) in [6.45, 7) is 3.49. The van der Waals surface area contributed by atoms with E-state index < -0.39 is 10.0 Å². The van der Waals surface area contributed by atoms with Gasteiger partial charge < -0.3 is 10.1 Å². The van der Waals surface area contributed by atoms with Crippen LogP contribution in [-0.2, 0) is 14.8 Å². The molecule has 0 spiro atoms. The number of nitrogens with one attached hydrogen (secondary N) is 1. The van der Waals surface area contributed by atoms with Crippen molar-refractivity contribution in [2.45, 2.75) is 30.7 Å². The summed E-state index contributed by atoms with van der Waals surface area (Å²) in [6.07, 6.45) is 1.56. The van der Waals surface area contributed by atoms with Crippen molar-refractivity contribution in [3.63, 3.8) is 0 Å². The van der Waals surface area contributed by atoms with Crippen LogP contribution in [0.5, 0.6) is 0 Å². The first kappa shape index (κ1) is 15.2. The molecule has 0 bridgehead atoms. The highest BCUT2D eigenvalue weighted by Gasteiger charge is 2.29. The van der Waals surface area contributed by atoms with Crippen LogP contribution in [0.3, 0.4) is 0 Å². The lowest BCUT2D eigenvalue weighted by molar-refractivity contribution is 0.168. The summed E-state index contributed by atoms with van der Waals surface area (Å²) in [5.41, 5.74) is 1.33. The van der Waals surface area contributed by atoms with E-state index in [2.05, 4.69) is 16.6 Å². The number of hydrogen-bond donors (Lipinski definition) is 1. The van der Waals surface area contributed by atoms with E-state index in [4.69, 9.17) is 4.74 Å². The summed E-state index contributed by atoms with van der Waals surface area (Å²) < 4.78 is 33.1. The lowest BCUT2D eigenvalue weighted by Gasteiger charge is -2.17. The highest BCUT2D eigenvalue weighted by atomic mass is 32.2. The van der Waals surface area contributed by atoms with Gasteiger partial charge in [0.15, 0.2) is 0 Å². The molecule has 0 saturated carbocycles. The minimum atomic E-state index is -3.52. The van der Waals surface area contributed by atoms with Gasteiger partial charge in [-0.2, -0.15) is 12.8 Å². The molecule has 1 heterocycles. The fourth-order valence-corrected chi connectivity index (χ4v) is 3.57. The zero-order valence-corrected chi connectivity index (χ0v) is 12.6. The Morgan fingerprint density at radius 2 is 2.10 bits per heavy atom. The van der Waals surface area contributed by atoms with Crippen molar-refractivity contribution in [3.8, 4) is 0 Å². The summed E-state index contributed by atoms with van der Waals surface area (Å²) in [5, 5.41) is 3.35. The molecule has 2 rings (SSSR count). The second kappa shape index (κ2) is 6.47. The van der Waals surface area contributed by atoms with Gasteiger partial charge in [0.1, 0.15) is 0 Å². The Hall–Kier alpha value is -1.24. The minimum absolute atomic E-state index is 0.0695. The van der Waals surface area contributed by atoms with Crippen LogP contribution < -0.4 is 5.32 Å². The first-order chi connectivity index (χ1) is 9.58. The SMILES string of the molecule is CCCNC(COC)CC1=NS(=O)(=O)c2ccccc21. The first-order valence-corrected chi connectivity index (χ1v) is 8.18. The highest BCUT2D eigenvalue weighted by molar-refractivity contribution is 7.90. The van der Waals surface area contributed by atoms with E-state index in [1.807, 2.05) is 12.1 Å². The van der Waals surface area contributed by atoms with Crippen LogP contribution in [-0.4, -0.2) is 40.4 Å². The van der Waals surface area contributed by atoms with Crippen LogP contribution in [0.1, 0.15) is 25.3 Å². The van der Waals surface area contributed by atoms with E-state index >= 15 is 0 Å². The van der Waals surface area contributed by atoms with Gasteiger partial charge in [0, 0.05) is 25.1 Å². The average Bonchev–Trinajstić information content (AvgIpc) is 2.68. The van der Waals surface area contributed by atoms with Crippen molar-refractivity contribution >= 4 is 15.7 Å². The van der Waals surface area contributed by atoms with Gasteiger partial charge in [-0.3, -0.25) is 0 Å². The molecule has 20 heavy (non-hydrogen) atoms. The largest absolute Gasteiger partial charge is 0.383 e. The lowest BCUT2D eigenvalue weighted by atomic mass is 10.0. The number of benzene rings is 1. The molecule has 0 amide bonds. The Morgan fingerprint density at radius 3 is 2.80 bits per heavy atom. The second-order valence-corrected chi connectivity index (χ2v) is 6.39. The van der Waals surface area contributed by atoms with Crippen molar-refractivity contribution in [2.75, 3.05) is 20.3 Å². The molecule has 1 N–H and O–H groups in total. The van der Waals surface area contributed by atoms with Crippen LogP contribution in [0, 0.1) is 0 Å². The summed E-state index contributed by atoms with van der Waals surface area (Å²) in [4.78, 5) is 0.307. The molecule has 5 nitrogen and oxygen atoms in total. The Kier molecular flexibility index (Phi) is 4.91. The van der Waals surface area contributed by atoms with E-state index in [0.29, 0.717) is 29.2 Å². The van der Waals surface area contributed by atoms with Crippen LogP contribution >= 0.6 is 0 Å². The predicted molar refractivity (Wildman–Crippen MR) is 78.7 cm³/mol. The number of fused-ring (bicyclic) bond motifs is 1. The maximum Gasteiger partial charge on any atom is 0.283 e. The number of ether oxygens (including phenoxy) is 1. The van der Waals surface area contributed by atoms with Crippen LogP contribution in [0.25, 0.3) is 0 Å². The number of sulfonamides is 1. The van der Waals surface area contributed by atoms with Crippen molar-refractivity contribution in [1.29, 1.82) is 0 Å². The van der Waals surface area contributed by atoms with E-state index in [1.165, 1.54) is 0 Å². The Morgan fingerprint density at radius 1 is 1.35 bits per heavy atom. The summed E-state index contributed by atoms with van der Waals surface area (Å²) in [7, 11) is -1.88. The monoisotopic (exact) mass is 296 g/mol. The Balaban J connectivity index is 2.21. The van der Waals surface area contributed by atoms with E-state index in [-0.39, 0.29) is 6.04 Å². The molecule has 1 atom stereocenters. The molecule has 0 fully saturated rings. The maximum atomic E-state index is 12.0. The van der Waals surface area contributed by atoms with Gasteiger partial charge in [0.25, 0.3) is 10.0 Å². The number of rotatable bonds is 7. The third kappa shape index (κ3) is 3.26. The van der Waals surface area contributed by atoms with Crippen LogP contribution in [0.15, 0.2) is 33.6 Å². The molecule has 0 aromatic heterocycles. The zero-order chi connectivity index (χ0) is 14.6. The minimum Gasteiger partial charge on any atom is -0.383 e. The van der Waals surface area contributed by atoms with Gasteiger partial charge >= 0.3 is 0 Å². The normalized spacial score (nSPS) is 17.6. The molecule has 1 aromatic rings. The molecule has 1 unspecified atom stereocenters. The average molecular weight is 296 g/mol. The standard InChI is InChI=1S/C14H20N2O3S/c1-3-8-15-11(10-19-2)9-13-12-6-4-5-7-14(12)20(17,18)16-13/h4-7,11,15H,3,8-10H2,1-2H3. The quantitative estimate of drug-likeness (QED) is 0.829. The first-order valence-electron chi connectivity index (χ1n) is 6.74. The van der Waals surface area contributed by atoms with Gasteiger partial charge in [-0.15, -0.1) is 0 Å². The van der Waals surface area contributed by atoms with Gasteiger partial charge in [0.2, 0.25) is 0 Å². The fraction of sp³-hybridized carbons (Fsp3) is 0.500. The van der Waals surface area contributed by atoms with E-state index in [1.54, 1.807) is 19.2 Å². The van der Waals surface area contributed by atoms with Crippen molar-refractivity contribution in [2.24, 2.45) is 4.40 Å². The predicted octanol–water partition coefficient (Wildman–Crippen LogP) is 1.58. The Labute approximate surface area is 120 Å². The molecule has 0 saturated heterocycles. The van der Waals surface area contributed by atoms with E-state index in [9.17, 15) is 8.42 Å². The van der Waals surface area contributed by atoms with Gasteiger partial charge in [-0.1, -0.05) is 25.1 Å². The third-order valence-electron chi connectivity index (χ3n) is 3.20. The summed E-state index contributed by atoms with van der Waals surface area (Å²) in [6, 6.07) is 7.03. The van der Waals surface area contributed by atoms with Gasteiger partial charge in [0.05, 0.1) is 17.2 Å². The number of nitrogens with zero attached hydrogens (tertiary/aromatic N) is 1. The molecule has 1 aromatic carbocycles. The molecule has 6 heteroatoms. The lowest BCUT2D eigenvalue weighted by Crippen LogP contribution is -2.35. The molecule has 110 valence electrons. The molecule has 1 aliphatic heterocycles. The summed E-state index contributed by atoms with van der Waals surface area (Å²) >= 11 is 0. The van der Waals surface area contributed by atoms with Crippen molar-refractivity contribution < 1.29 is 13.2 Å². The molecule has 1 aliphatic rings. The highest BCUT2D eigenvalue weighted by Crippen LogP contribution is 2.27. The smallest absolute Gasteiger partial charge is 0.283 e. The van der Waals surface area contributed by atoms with Crippen LogP contribution in [0.2, 0.25) is 0 Å². The Bertz CT molecular complexity index is 596. The van der Waals surface area contributed by atoms with Crippen molar-refractivity contribution in [3.05, 3.63) is 29.8 Å². The van der Waals surface area contributed by atoms with E-state index in [0.717, 1.165) is 13.0 Å². The number of hydrogen-bond acceptors (Lipinski definition) is 4. The molecular formula is C14H20N2O3S. The molecular weight excluding hydrogens is 276 g/mol. The maximum absolute atomic E-state index is 12.0. The van der Waals surface area contributed by atoms with Crippen molar-refractivity contribution in [1.82, 2.24) is 5.32 Å². The molecule has 0 radical (unpaired) electrons.